The molecule has 0 aliphatic rings. The zero-order valence-corrected chi connectivity index (χ0v) is 14.8. The van der Waals surface area contributed by atoms with Gasteiger partial charge in [-0.15, -0.1) is 0 Å². The van der Waals surface area contributed by atoms with Crippen LogP contribution in [0.15, 0.2) is 42.6 Å². The molecule has 1 aromatic carbocycles. The molecule has 3 N–H and O–H groups in total. The maximum absolute atomic E-state index is 10.1. The summed E-state index contributed by atoms with van der Waals surface area (Å²) in [7, 11) is 0. The Labute approximate surface area is 144 Å². The van der Waals surface area contributed by atoms with Crippen molar-refractivity contribution in [1.82, 2.24) is 10.3 Å². The molecule has 0 aliphatic carbocycles. The number of aliphatic hydroxyl groups is 1. The van der Waals surface area contributed by atoms with Crippen molar-refractivity contribution in [3.8, 4) is 17.0 Å². The number of rotatable bonds is 8. The van der Waals surface area contributed by atoms with E-state index < -0.39 is 5.60 Å². The lowest BCUT2D eigenvalue weighted by Gasteiger charge is -2.19. The SMILES string of the molecule is CC(CCCC(C)(C)O)NCc1cc(-c2ccccn2)ccc1O. The number of pyridine rings is 1. The van der Waals surface area contributed by atoms with Gasteiger partial charge in [0.1, 0.15) is 5.75 Å². The molecule has 4 heteroatoms. The van der Waals surface area contributed by atoms with Crippen LogP contribution in [0.3, 0.4) is 0 Å². The number of hydrogen-bond donors (Lipinski definition) is 3. The van der Waals surface area contributed by atoms with E-state index in [1.807, 2.05) is 44.2 Å². The third-order valence-electron chi connectivity index (χ3n) is 4.11. The molecule has 0 aliphatic heterocycles. The van der Waals surface area contributed by atoms with Gasteiger partial charge in [0.2, 0.25) is 0 Å². The molecule has 0 bridgehead atoms. The first kappa shape index (κ1) is 18.4. The highest BCUT2D eigenvalue weighted by molar-refractivity contribution is 5.61. The van der Waals surface area contributed by atoms with Crippen LogP contribution in [0.5, 0.6) is 5.75 Å². The second-order valence-electron chi connectivity index (χ2n) is 7.05. The Kier molecular flexibility index (Phi) is 6.35. The van der Waals surface area contributed by atoms with Gasteiger partial charge in [-0.25, -0.2) is 0 Å². The van der Waals surface area contributed by atoms with Crippen LogP contribution in [-0.2, 0) is 6.54 Å². The molecule has 0 saturated heterocycles. The molecule has 0 saturated carbocycles. The summed E-state index contributed by atoms with van der Waals surface area (Å²) < 4.78 is 0. The zero-order valence-electron chi connectivity index (χ0n) is 14.8. The summed E-state index contributed by atoms with van der Waals surface area (Å²) in [4.78, 5) is 4.35. The van der Waals surface area contributed by atoms with Crippen LogP contribution >= 0.6 is 0 Å². The van der Waals surface area contributed by atoms with E-state index in [4.69, 9.17) is 0 Å². The Morgan fingerprint density at radius 1 is 1.21 bits per heavy atom. The highest BCUT2D eigenvalue weighted by atomic mass is 16.3. The topological polar surface area (TPSA) is 65.4 Å². The number of aromatic hydroxyl groups is 1. The number of phenolic OH excluding ortho intramolecular Hbond substituents is 1. The number of aromatic nitrogens is 1. The van der Waals surface area contributed by atoms with E-state index in [1.54, 1.807) is 12.3 Å². The van der Waals surface area contributed by atoms with Crippen LogP contribution in [0.2, 0.25) is 0 Å². The molecule has 2 aromatic rings. The number of nitrogens with zero attached hydrogens (tertiary/aromatic N) is 1. The monoisotopic (exact) mass is 328 g/mol. The Hall–Kier alpha value is -1.91. The first-order valence-corrected chi connectivity index (χ1v) is 8.54. The summed E-state index contributed by atoms with van der Waals surface area (Å²) in [6.45, 7) is 6.42. The van der Waals surface area contributed by atoms with E-state index >= 15 is 0 Å². The average Bonchev–Trinajstić information content (AvgIpc) is 2.54. The maximum atomic E-state index is 10.1. The first-order valence-electron chi connectivity index (χ1n) is 8.54. The Morgan fingerprint density at radius 2 is 2.00 bits per heavy atom. The Morgan fingerprint density at radius 3 is 2.67 bits per heavy atom. The molecular formula is C20H28N2O2. The fraction of sp³-hybridized carbons (Fsp3) is 0.450. The minimum Gasteiger partial charge on any atom is -0.508 e. The van der Waals surface area contributed by atoms with Crippen molar-refractivity contribution in [3.63, 3.8) is 0 Å². The largest absolute Gasteiger partial charge is 0.508 e. The summed E-state index contributed by atoms with van der Waals surface area (Å²) in [6.07, 6.45) is 4.52. The summed E-state index contributed by atoms with van der Waals surface area (Å²) in [5.41, 5.74) is 2.17. The molecule has 0 amide bonds. The first-order chi connectivity index (χ1) is 11.3. The van der Waals surface area contributed by atoms with E-state index in [2.05, 4.69) is 17.2 Å². The van der Waals surface area contributed by atoms with Gasteiger partial charge < -0.3 is 15.5 Å². The quantitative estimate of drug-likeness (QED) is 0.688. The van der Waals surface area contributed by atoms with Crippen molar-refractivity contribution in [1.29, 1.82) is 0 Å². The minimum absolute atomic E-state index is 0.297. The van der Waals surface area contributed by atoms with Crippen molar-refractivity contribution in [3.05, 3.63) is 48.2 Å². The molecule has 0 radical (unpaired) electrons. The lowest BCUT2D eigenvalue weighted by molar-refractivity contribution is 0.0675. The van der Waals surface area contributed by atoms with Crippen molar-refractivity contribution in [2.45, 2.75) is 58.2 Å². The predicted molar refractivity (Wildman–Crippen MR) is 97.8 cm³/mol. The number of hydrogen-bond acceptors (Lipinski definition) is 4. The fourth-order valence-electron chi connectivity index (χ4n) is 2.65. The van der Waals surface area contributed by atoms with Crippen molar-refractivity contribution in [2.75, 3.05) is 0 Å². The molecule has 0 fully saturated rings. The van der Waals surface area contributed by atoms with Crippen LogP contribution < -0.4 is 5.32 Å². The number of phenols is 1. The van der Waals surface area contributed by atoms with Gasteiger partial charge in [0.15, 0.2) is 0 Å². The highest BCUT2D eigenvalue weighted by Crippen LogP contribution is 2.24. The molecule has 130 valence electrons. The smallest absolute Gasteiger partial charge is 0.120 e. The van der Waals surface area contributed by atoms with Gasteiger partial charge in [-0.2, -0.15) is 0 Å². The fourth-order valence-corrected chi connectivity index (χ4v) is 2.65. The van der Waals surface area contributed by atoms with Crippen LogP contribution in [-0.4, -0.2) is 26.8 Å². The molecule has 24 heavy (non-hydrogen) atoms. The normalized spacial score (nSPS) is 13.0. The molecule has 4 nitrogen and oxygen atoms in total. The standard InChI is InChI=1S/C20H28N2O2/c1-15(7-6-11-20(2,3)24)22-14-17-13-16(9-10-19(17)23)18-8-4-5-12-21-18/h4-5,8-10,12-13,15,22-24H,6-7,11,14H2,1-3H3. The van der Waals surface area contributed by atoms with Gasteiger partial charge in [0.25, 0.3) is 0 Å². The molecule has 1 heterocycles. The lowest BCUT2D eigenvalue weighted by atomic mass is 9.99. The Balaban J connectivity index is 1.92. The van der Waals surface area contributed by atoms with Gasteiger partial charge >= 0.3 is 0 Å². The second-order valence-corrected chi connectivity index (χ2v) is 7.05. The van der Waals surface area contributed by atoms with Gasteiger partial charge in [-0.3, -0.25) is 4.98 Å². The third-order valence-corrected chi connectivity index (χ3v) is 4.11. The van der Waals surface area contributed by atoms with Gasteiger partial charge in [0.05, 0.1) is 11.3 Å². The van der Waals surface area contributed by atoms with Gasteiger partial charge in [-0.1, -0.05) is 6.07 Å². The summed E-state index contributed by atoms with van der Waals surface area (Å²) in [6, 6.07) is 11.7. The van der Waals surface area contributed by atoms with Crippen LogP contribution in [0.4, 0.5) is 0 Å². The molecule has 1 atom stereocenters. The molecule has 1 aromatic heterocycles. The zero-order chi connectivity index (χ0) is 17.6. The van der Waals surface area contributed by atoms with Gasteiger partial charge in [0, 0.05) is 29.9 Å². The van der Waals surface area contributed by atoms with Crippen LogP contribution in [0.25, 0.3) is 11.3 Å². The summed E-state index contributed by atoms with van der Waals surface area (Å²) in [5, 5.41) is 23.3. The van der Waals surface area contributed by atoms with Crippen LogP contribution in [0, 0.1) is 0 Å². The van der Waals surface area contributed by atoms with E-state index in [1.165, 1.54) is 0 Å². The van der Waals surface area contributed by atoms with E-state index in [9.17, 15) is 10.2 Å². The third kappa shape index (κ3) is 5.95. The second kappa shape index (κ2) is 8.27. The van der Waals surface area contributed by atoms with E-state index in [-0.39, 0.29) is 0 Å². The van der Waals surface area contributed by atoms with Crippen molar-refractivity contribution in [2.24, 2.45) is 0 Å². The van der Waals surface area contributed by atoms with Crippen molar-refractivity contribution >= 4 is 0 Å². The van der Waals surface area contributed by atoms with E-state index in [0.717, 1.165) is 36.1 Å². The van der Waals surface area contributed by atoms with Gasteiger partial charge in [-0.05, 0) is 70.4 Å². The highest BCUT2D eigenvalue weighted by Gasteiger charge is 2.13. The Bertz CT molecular complexity index is 636. The number of nitrogens with one attached hydrogen (secondary N) is 1. The molecular weight excluding hydrogens is 300 g/mol. The maximum Gasteiger partial charge on any atom is 0.120 e. The van der Waals surface area contributed by atoms with E-state index in [0.29, 0.717) is 18.3 Å². The average molecular weight is 328 g/mol. The van der Waals surface area contributed by atoms with Crippen molar-refractivity contribution < 1.29 is 10.2 Å². The number of benzene rings is 1. The lowest BCUT2D eigenvalue weighted by Crippen LogP contribution is -2.26. The molecule has 1 unspecified atom stereocenters. The molecule has 0 spiro atoms. The summed E-state index contributed by atoms with van der Waals surface area (Å²) in [5.74, 6) is 0.297. The van der Waals surface area contributed by atoms with Crippen LogP contribution in [0.1, 0.15) is 45.6 Å². The minimum atomic E-state index is -0.602. The molecule has 2 rings (SSSR count). The summed E-state index contributed by atoms with van der Waals surface area (Å²) >= 11 is 0. The predicted octanol–water partition coefficient (Wildman–Crippen LogP) is 3.87.